The minimum absolute atomic E-state index is 0.106. The van der Waals surface area contributed by atoms with Gasteiger partial charge in [-0.05, 0) is 54.5 Å². The quantitative estimate of drug-likeness (QED) is 0.498. The van der Waals surface area contributed by atoms with Crippen molar-refractivity contribution in [1.29, 1.82) is 0 Å². The Balaban J connectivity index is 1.70. The standard InChI is InChI=1S/C26H32N2O/c1-29-25-14-12-23(13-15-25)17-19-26(21-27,18-16-22-8-4-2-5-9-22)28-20-24-10-6-3-7-11-24/h2-15,28H,16-21,27H2,1H3. The van der Waals surface area contributed by atoms with Gasteiger partial charge in [0.1, 0.15) is 5.75 Å². The first-order valence-electron chi connectivity index (χ1n) is 10.4. The molecular formula is C26H32N2O. The highest BCUT2D eigenvalue weighted by Gasteiger charge is 2.27. The number of rotatable bonds is 11. The second-order valence-corrected chi connectivity index (χ2v) is 7.66. The average Bonchev–Trinajstić information content (AvgIpc) is 2.80. The fourth-order valence-corrected chi connectivity index (χ4v) is 3.67. The van der Waals surface area contributed by atoms with Crippen molar-refractivity contribution < 1.29 is 4.74 Å². The van der Waals surface area contributed by atoms with Crippen molar-refractivity contribution in [3.05, 3.63) is 102 Å². The summed E-state index contributed by atoms with van der Waals surface area (Å²) in [4.78, 5) is 0. The van der Waals surface area contributed by atoms with Crippen molar-refractivity contribution in [3.8, 4) is 5.75 Å². The molecule has 0 aliphatic rings. The zero-order chi connectivity index (χ0) is 20.4. The molecule has 1 atom stereocenters. The number of aryl methyl sites for hydroxylation is 2. The molecule has 0 saturated heterocycles. The molecule has 0 bridgehead atoms. The fraction of sp³-hybridized carbons (Fsp3) is 0.308. The number of hydrogen-bond acceptors (Lipinski definition) is 3. The Morgan fingerprint density at radius 2 is 1.24 bits per heavy atom. The summed E-state index contributed by atoms with van der Waals surface area (Å²) in [6.07, 6.45) is 4.01. The van der Waals surface area contributed by atoms with E-state index in [2.05, 4.69) is 78.1 Å². The minimum Gasteiger partial charge on any atom is -0.497 e. The van der Waals surface area contributed by atoms with Crippen LogP contribution in [0.5, 0.6) is 5.75 Å². The first kappa shape index (κ1) is 21.1. The third-order valence-electron chi connectivity index (χ3n) is 5.69. The van der Waals surface area contributed by atoms with Crippen molar-refractivity contribution in [2.24, 2.45) is 5.73 Å². The summed E-state index contributed by atoms with van der Waals surface area (Å²) in [6.45, 7) is 1.44. The number of benzene rings is 3. The van der Waals surface area contributed by atoms with Crippen LogP contribution in [0, 0.1) is 0 Å². The second-order valence-electron chi connectivity index (χ2n) is 7.66. The van der Waals surface area contributed by atoms with Gasteiger partial charge in [0.15, 0.2) is 0 Å². The number of hydrogen-bond donors (Lipinski definition) is 2. The minimum atomic E-state index is -0.106. The zero-order valence-corrected chi connectivity index (χ0v) is 17.3. The molecule has 3 nitrogen and oxygen atoms in total. The third kappa shape index (κ3) is 6.45. The highest BCUT2D eigenvalue weighted by molar-refractivity contribution is 5.27. The van der Waals surface area contributed by atoms with Gasteiger partial charge in [0.05, 0.1) is 7.11 Å². The van der Waals surface area contributed by atoms with Gasteiger partial charge in [-0.15, -0.1) is 0 Å². The van der Waals surface area contributed by atoms with Crippen LogP contribution in [0.3, 0.4) is 0 Å². The highest BCUT2D eigenvalue weighted by atomic mass is 16.5. The first-order chi connectivity index (χ1) is 14.2. The van der Waals surface area contributed by atoms with Gasteiger partial charge >= 0.3 is 0 Å². The van der Waals surface area contributed by atoms with Crippen LogP contribution >= 0.6 is 0 Å². The molecule has 0 saturated carbocycles. The lowest BCUT2D eigenvalue weighted by molar-refractivity contribution is 0.286. The lowest BCUT2D eigenvalue weighted by Gasteiger charge is -2.35. The third-order valence-corrected chi connectivity index (χ3v) is 5.69. The molecule has 0 amide bonds. The maximum Gasteiger partial charge on any atom is 0.118 e. The summed E-state index contributed by atoms with van der Waals surface area (Å²) in [6, 6.07) is 29.6. The largest absolute Gasteiger partial charge is 0.497 e. The van der Waals surface area contributed by atoms with Crippen molar-refractivity contribution in [2.45, 2.75) is 37.8 Å². The molecule has 0 fully saturated rings. The van der Waals surface area contributed by atoms with Gasteiger partial charge in [0.25, 0.3) is 0 Å². The predicted molar refractivity (Wildman–Crippen MR) is 121 cm³/mol. The van der Waals surface area contributed by atoms with Gasteiger partial charge in [0.2, 0.25) is 0 Å². The van der Waals surface area contributed by atoms with Crippen molar-refractivity contribution in [1.82, 2.24) is 5.32 Å². The van der Waals surface area contributed by atoms with E-state index in [1.807, 2.05) is 12.1 Å². The first-order valence-corrected chi connectivity index (χ1v) is 10.4. The molecule has 0 heterocycles. The van der Waals surface area contributed by atoms with Crippen molar-refractivity contribution in [3.63, 3.8) is 0 Å². The Morgan fingerprint density at radius 3 is 1.76 bits per heavy atom. The molecule has 0 aromatic heterocycles. The van der Waals surface area contributed by atoms with E-state index >= 15 is 0 Å². The normalized spacial score (nSPS) is 13.0. The van der Waals surface area contributed by atoms with Crippen LogP contribution in [0.15, 0.2) is 84.9 Å². The number of ether oxygens (including phenoxy) is 1. The number of nitrogens with one attached hydrogen (secondary N) is 1. The van der Waals surface area contributed by atoms with E-state index in [1.54, 1.807) is 7.11 Å². The molecule has 0 aliphatic carbocycles. The van der Waals surface area contributed by atoms with Crippen molar-refractivity contribution >= 4 is 0 Å². The Labute approximate surface area is 174 Å². The van der Waals surface area contributed by atoms with E-state index in [9.17, 15) is 0 Å². The predicted octanol–water partition coefficient (Wildman–Crippen LogP) is 4.75. The smallest absolute Gasteiger partial charge is 0.118 e. The van der Waals surface area contributed by atoms with Gasteiger partial charge in [-0.2, -0.15) is 0 Å². The van der Waals surface area contributed by atoms with E-state index in [0.29, 0.717) is 6.54 Å². The molecule has 0 aliphatic heterocycles. The molecule has 0 radical (unpaired) electrons. The van der Waals surface area contributed by atoms with Crippen LogP contribution in [-0.4, -0.2) is 19.2 Å². The molecule has 3 rings (SSSR count). The summed E-state index contributed by atoms with van der Waals surface area (Å²) < 4.78 is 5.28. The van der Waals surface area contributed by atoms with E-state index in [-0.39, 0.29) is 5.54 Å². The zero-order valence-electron chi connectivity index (χ0n) is 17.3. The lowest BCUT2D eigenvalue weighted by Crippen LogP contribution is -2.51. The molecule has 3 heteroatoms. The summed E-state index contributed by atoms with van der Waals surface area (Å²) in [5.74, 6) is 0.894. The summed E-state index contributed by atoms with van der Waals surface area (Å²) in [7, 11) is 1.70. The van der Waals surface area contributed by atoms with E-state index in [1.165, 1.54) is 16.7 Å². The molecule has 152 valence electrons. The maximum absolute atomic E-state index is 6.36. The van der Waals surface area contributed by atoms with Crippen LogP contribution < -0.4 is 15.8 Å². The summed E-state index contributed by atoms with van der Waals surface area (Å²) in [5, 5.41) is 3.81. The Bertz CT molecular complexity index is 788. The van der Waals surface area contributed by atoms with Gasteiger partial charge in [0, 0.05) is 18.6 Å². The molecule has 3 aromatic rings. The number of methoxy groups -OCH3 is 1. The fourth-order valence-electron chi connectivity index (χ4n) is 3.67. The van der Waals surface area contributed by atoms with Crippen LogP contribution in [0.4, 0.5) is 0 Å². The number of nitrogens with two attached hydrogens (primary N) is 1. The SMILES string of the molecule is COc1ccc(CCC(CN)(CCc2ccccc2)NCc2ccccc2)cc1. The average molecular weight is 389 g/mol. The van der Waals surface area contributed by atoms with E-state index in [4.69, 9.17) is 10.5 Å². The Morgan fingerprint density at radius 1 is 0.724 bits per heavy atom. The van der Waals surface area contributed by atoms with Crippen LogP contribution in [0.1, 0.15) is 29.5 Å². The van der Waals surface area contributed by atoms with Crippen molar-refractivity contribution in [2.75, 3.05) is 13.7 Å². The van der Waals surface area contributed by atoms with E-state index in [0.717, 1.165) is 38.0 Å². The lowest BCUT2D eigenvalue weighted by atomic mass is 9.85. The molecule has 1 unspecified atom stereocenters. The monoisotopic (exact) mass is 388 g/mol. The molecule has 0 spiro atoms. The highest BCUT2D eigenvalue weighted by Crippen LogP contribution is 2.22. The Kier molecular flexibility index (Phi) is 7.85. The topological polar surface area (TPSA) is 47.3 Å². The van der Waals surface area contributed by atoms with Gasteiger partial charge in [-0.3, -0.25) is 0 Å². The van der Waals surface area contributed by atoms with Gasteiger partial charge in [-0.25, -0.2) is 0 Å². The molecule has 3 aromatic carbocycles. The van der Waals surface area contributed by atoms with E-state index < -0.39 is 0 Å². The summed E-state index contributed by atoms with van der Waals surface area (Å²) >= 11 is 0. The maximum atomic E-state index is 6.36. The van der Waals surface area contributed by atoms with Crippen LogP contribution in [0.25, 0.3) is 0 Å². The summed E-state index contributed by atoms with van der Waals surface area (Å²) in [5.41, 5.74) is 10.2. The molecule has 3 N–H and O–H groups in total. The van der Waals surface area contributed by atoms with Gasteiger partial charge < -0.3 is 15.8 Å². The van der Waals surface area contributed by atoms with Gasteiger partial charge in [-0.1, -0.05) is 72.8 Å². The molecule has 29 heavy (non-hydrogen) atoms. The van der Waals surface area contributed by atoms with Crippen LogP contribution in [-0.2, 0) is 19.4 Å². The van der Waals surface area contributed by atoms with Crippen LogP contribution in [0.2, 0.25) is 0 Å². The Hall–Kier alpha value is -2.62. The molecular weight excluding hydrogens is 356 g/mol. The second kappa shape index (κ2) is 10.8.